The Morgan fingerprint density at radius 2 is 0.500 bits per heavy atom. The van der Waals surface area contributed by atoms with Crippen molar-refractivity contribution in [3.05, 3.63) is 360 Å². The van der Waals surface area contributed by atoms with Crippen molar-refractivity contribution in [1.82, 2.24) is 39.9 Å². The zero-order chi connectivity index (χ0) is 103. The second kappa shape index (κ2) is 45.5. The van der Waals surface area contributed by atoms with E-state index >= 15 is 0 Å². The third-order valence-corrected chi connectivity index (χ3v) is 30.0. The van der Waals surface area contributed by atoms with Crippen LogP contribution < -0.4 is 0 Å². The number of thiazole rings is 4. The molecule has 0 unspecified atom stereocenters. The summed E-state index contributed by atoms with van der Waals surface area (Å²) in [5, 5.41) is 45.0. The van der Waals surface area contributed by atoms with Gasteiger partial charge in [0.25, 0.3) is 0 Å². The summed E-state index contributed by atoms with van der Waals surface area (Å²) in [7, 11) is 0. The summed E-state index contributed by atoms with van der Waals surface area (Å²) in [4.78, 5) is 38.8. The fraction of sp³-hybridized carbons (Fsp3) is 0.250. The van der Waals surface area contributed by atoms with Crippen LogP contribution in [0.1, 0.15) is 211 Å². The number of aromatic nitrogens is 8. The zero-order valence-electron chi connectivity index (χ0n) is 88.0. The molecule has 0 spiro atoms. The Hall–Kier alpha value is -11.2. The Bertz CT molecular complexity index is 8160. The van der Waals surface area contributed by atoms with Gasteiger partial charge in [0.05, 0.1) is 44.3 Å². The van der Waals surface area contributed by atoms with Gasteiger partial charge in [-0.2, -0.15) is 0 Å². The van der Waals surface area contributed by atoms with Crippen LogP contribution in [0.15, 0.2) is 292 Å². The summed E-state index contributed by atoms with van der Waals surface area (Å²) >= 11 is 6.42. The number of benzene rings is 12. The number of hydrogen-bond acceptors (Lipinski definition) is 16. The van der Waals surface area contributed by atoms with Crippen LogP contribution in [-0.2, 0) is 128 Å². The van der Waals surface area contributed by atoms with E-state index < -0.39 is 0 Å². The maximum absolute atomic E-state index is 10.5. The average Bonchev–Trinajstić information content (AvgIpc) is 0.811. The van der Waals surface area contributed by atoms with Crippen molar-refractivity contribution in [3.8, 4) is 155 Å². The van der Waals surface area contributed by atoms with E-state index in [0.717, 1.165) is 173 Å². The SMILES string of the molecule is CC(C)(C)c1cc(-c2cc(C(C)(C)C)ccn2)[c-]c(-c2cccc3sc(-c4ccccc4O)nc23)c1.CC(C)(C)c1cc(-c2ccccn2)[c-]c(-c2cc(C(C)(C)C)cc3sc(-c4ccccc4O)nc23)c1.CC(C)(C)c1cc(C(C)(C)C)c(-c2cccc3sc(-c4ccccc4O)nc23)[c-]c1-c1ccccn1.CC(C)(C)c1ccnc(-c2[c-]c(-c3cc(C(C)(C)C)cc4sc(-c5ccccc5O)nc34)ccc2)c1.[Pt].[Pt].[Pt].[Pt]. The van der Waals surface area contributed by atoms with E-state index in [1.54, 1.807) is 69.6 Å². The molecule has 0 atom stereocenters. The number of nitrogens with zero attached hydrogens (tertiary/aromatic N) is 8. The van der Waals surface area contributed by atoms with Gasteiger partial charge in [-0.1, -0.05) is 332 Å². The first-order valence-corrected chi connectivity index (χ1v) is 52.2. The Balaban J connectivity index is 0.000000163. The van der Waals surface area contributed by atoms with E-state index in [1.807, 2.05) is 128 Å². The molecule has 12 nitrogen and oxygen atoms in total. The summed E-state index contributed by atoms with van der Waals surface area (Å²) in [6.07, 6.45) is 7.44. The topological polar surface area (TPSA) is 184 Å². The Morgan fingerprint density at radius 3 is 0.892 bits per heavy atom. The minimum Gasteiger partial charge on any atom is -0.507 e. The summed E-state index contributed by atoms with van der Waals surface area (Å²) in [6, 6.07) is 104. The molecule has 0 bridgehead atoms. The summed E-state index contributed by atoms with van der Waals surface area (Å²) in [5.74, 6) is 0.971. The number of aromatic hydroxyl groups is 4. The summed E-state index contributed by atoms with van der Waals surface area (Å²) in [5.41, 5.74) is 32.2. The van der Waals surface area contributed by atoms with Gasteiger partial charge in [0.1, 0.15) is 43.0 Å². The van der Waals surface area contributed by atoms with Gasteiger partial charge in [-0.15, -0.1) is 163 Å². The zero-order valence-corrected chi connectivity index (χ0v) is 100. The van der Waals surface area contributed by atoms with Crippen molar-refractivity contribution in [2.24, 2.45) is 0 Å². The van der Waals surface area contributed by atoms with Crippen LogP contribution >= 0.6 is 45.3 Å². The standard InChI is InChI=1S/4C32H31N2OS.4Pt/c1-31(2,3)24-19-25(32(4,5)6)23(26-14-9-10-17-33-26)18-22(24)20-13-11-16-28-29(20)34-30(36-28)21-12-7-8-15-27(21)35;1-31(2,3)22-14-15-33-26(18-22)21-11-9-10-20(16-21)25-17-23(32(4,5)6)19-28-29(25)34-30(36-28)24-12-7-8-13-27(24)35;1-31(2,3)22-16-20(15-21(17-22)26-12-9-10-14-33-26)25-18-23(32(4,5)6)19-28-29(25)34-30(36-28)24-11-7-8-13-27(24)35;1-31(2,3)22-14-15-33-26(19-22)21-16-20(17-23(18-21)32(4,5)6)24-11-9-13-28-29(24)34-30(36-28)25-10-7-8-12-27(25)35;;;;/h7-17,19,35H,1-6H3;7-15,17-19,35H,1-6H3;7-14,16-19,35H,1-6H3;7-15,17-19,35H,1-6H3;;;;/q4*-1;;;;. The van der Waals surface area contributed by atoms with Crippen LogP contribution in [0.4, 0.5) is 0 Å². The summed E-state index contributed by atoms with van der Waals surface area (Å²) < 4.78 is 4.36. The second-order valence-electron chi connectivity index (χ2n) is 45.2. The second-order valence-corrected chi connectivity index (χ2v) is 49.3. The molecule has 4 N–H and O–H groups in total. The van der Waals surface area contributed by atoms with Crippen LogP contribution in [-0.4, -0.2) is 60.3 Å². The molecule has 20 aromatic rings. The van der Waals surface area contributed by atoms with Crippen molar-refractivity contribution >= 4 is 86.2 Å². The first-order chi connectivity index (χ1) is 68.0. The predicted octanol–water partition coefficient (Wildman–Crippen LogP) is 35.2. The predicted molar refractivity (Wildman–Crippen MR) is 606 cm³/mol. The first kappa shape index (κ1) is 114. The molecular weight excluding hydrogens is 2620 g/mol. The normalized spacial score (nSPS) is 11.9. The summed E-state index contributed by atoms with van der Waals surface area (Å²) in [6.45, 7) is 53.6. The molecule has 768 valence electrons. The van der Waals surface area contributed by atoms with Crippen molar-refractivity contribution in [2.75, 3.05) is 0 Å². The van der Waals surface area contributed by atoms with Crippen LogP contribution in [0.25, 0.3) is 173 Å². The Morgan fingerprint density at radius 1 is 0.203 bits per heavy atom. The fourth-order valence-electron chi connectivity index (χ4n) is 17.3. The van der Waals surface area contributed by atoms with Gasteiger partial charge in [0.2, 0.25) is 0 Å². The van der Waals surface area contributed by atoms with Gasteiger partial charge in [0.15, 0.2) is 0 Å². The molecule has 8 aromatic heterocycles. The van der Waals surface area contributed by atoms with E-state index in [-0.39, 0.29) is 151 Å². The van der Waals surface area contributed by atoms with Gasteiger partial charge in [-0.3, -0.25) is 19.9 Å². The van der Waals surface area contributed by atoms with E-state index in [4.69, 9.17) is 29.9 Å². The Labute approximate surface area is 946 Å². The van der Waals surface area contributed by atoms with E-state index in [9.17, 15) is 20.4 Å². The van der Waals surface area contributed by atoms with Crippen LogP contribution in [0.5, 0.6) is 23.0 Å². The molecule has 0 aliphatic carbocycles. The quantitative estimate of drug-likeness (QED) is 0.0850. The largest absolute Gasteiger partial charge is 0.507 e. The van der Waals surface area contributed by atoms with Gasteiger partial charge in [-0.05, 0) is 163 Å². The van der Waals surface area contributed by atoms with Crippen molar-refractivity contribution in [3.63, 3.8) is 0 Å². The molecule has 0 aliphatic heterocycles. The molecule has 0 saturated carbocycles. The number of rotatable bonds is 12. The van der Waals surface area contributed by atoms with Crippen LogP contribution in [0, 0.1) is 24.3 Å². The van der Waals surface area contributed by atoms with E-state index in [1.165, 1.54) is 44.5 Å². The molecule has 12 aromatic carbocycles. The molecule has 20 rings (SSSR count). The molecule has 0 radical (unpaired) electrons. The number of fused-ring (bicyclic) bond motifs is 4. The third kappa shape index (κ3) is 25.6. The number of phenolic OH excluding ortho intramolecular Hbond substituents is 4. The minimum absolute atomic E-state index is 0. The molecule has 148 heavy (non-hydrogen) atoms. The van der Waals surface area contributed by atoms with Gasteiger partial charge < -0.3 is 20.4 Å². The fourth-order valence-corrected chi connectivity index (χ4v) is 21.5. The molecule has 8 heterocycles. The third-order valence-electron chi connectivity index (χ3n) is 25.9. The molecule has 0 saturated heterocycles. The average molecular weight is 2750 g/mol. The minimum atomic E-state index is -0.104. The molecular formula is C128H124N8O4Pt4S4-4. The number of pyridine rings is 4. The van der Waals surface area contributed by atoms with Gasteiger partial charge >= 0.3 is 0 Å². The molecule has 0 aliphatic rings. The maximum Gasteiger partial charge on any atom is 0.127 e. The maximum atomic E-state index is 10.5. The monoisotopic (exact) mass is 2740 g/mol. The van der Waals surface area contributed by atoms with Gasteiger partial charge in [0, 0.05) is 151 Å². The van der Waals surface area contributed by atoms with E-state index in [0.29, 0.717) is 0 Å². The molecule has 0 amide bonds. The van der Waals surface area contributed by atoms with Crippen molar-refractivity contribution < 1.29 is 105 Å². The number of phenols is 4. The smallest absolute Gasteiger partial charge is 0.127 e. The van der Waals surface area contributed by atoms with Crippen molar-refractivity contribution in [2.45, 2.75) is 209 Å². The number of hydrogen-bond donors (Lipinski definition) is 4. The number of para-hydroxylation sites is 6. The van der Waals surface area contributed by atoms with Crippen LogP contribution in [0.3, 0.4) is 0 Å². The Kier molecular flexibility index (Phi) is 35.0. The molecule has 20 heteroatoms. The van der Waals surface area contributed by atoms with E-state index in [2.05, 4.69) is 340 Å². The van der Waals surface area contributed by atoms with Crippen molar-refractivity contribution in [1.29, 1.82) is 0 Å². The van der Waals surface area contributed by atoms with Gasteiger partial charge in [-0.25, -0.2) is 19.9 Å². The molecule has 0 fully saturated rings. The first-order valence-electron chi connectivity index (χ1n) is 49.0. The van der Waals surface area contributed by atoms with Crippen LogP contribution in [0.2, 0.25) is 0 Å².